The van der Waals surface area contributed by atoms with Gasteiger partial charge in [0.05, 0.1) is 74.9 Å². The van der Waals surface area contributed by atoms with Crippen LogP contribution in [-0.4, -0.2) is 146 Å². The minimum Gasteiger partial charge on any atom is -0.496 e. The number of carboxylic acids is 1. The van der Waals surface area contributed by atoms with Crippen molar-refractivity contribution in [2.75, 3.05) is 48.1 Å². The number of carbonyl (C=O) groups is 9. The Morgan fingerprint density at radius 3 is 1.01 bits per heavy atom. The van der Waals surface area contributed by atoms with E-state index in [1.54, 1.807) is 48.7 Å². The Kier molecular flexibility index (Phi) is 27.8. The molecule has 24 heteroatoms. The van der Waals surface area contributed by atoms with Gasteiger partial charge in [-0.25, -0.2) is 4.79 Å². The van der Waals surface area contributed by atoms with E-state index in [4.69, 9.17) is 41.9 Å². The molecule has 0 bridgehead atoms. The number of H-pyrrole nitrogens is 2. The molecule has 5 atom stereocenters. The number of carbonyl (C=O) groups excluding carboxylic acids is 8. The van der Waals surface area contributed by atoms with Gasteiger partial charge < -0.3 is 78.2 Å². The van der Waals surface area contributed by atoms with Gasteiger partial charge in [-0.15, -0.1) is 0 Å². The highest BCUT2D eigenvalue weighted by Crippen LogP contribution is 2.28. The summed E-state index contributed by atoms with van der Waals surface area (Å²) >= 11 is 0. The first-order chi connectivity index (χ1) is 48.3. The summed E-state index contributed by atoms with van der Waals surface area (Å²) < 4.78 is 22.3. The number of unbranched alkanes of at least 4 members (excludes halogenated alkanes) is 3. The number of ketones is 4. The van der Waals surface area contributed by atoms with Gasteiger partial charge in [-0.2, -0.15) is 0 Å². The van der Waals surface area contributed by atoms with Crippen molar-refractivity contribution in [2.45, 2.75) is 127 Å². The molecule has 0 aliphatic rings. The topological polar surface area (TPSA) is 395 Å². The van der Waals surface area contributed by atoms with E-state index in [0.29, 0.717) is 92.4 Å². The van der Waals surface area contributed by atoms with Crippen LogP contribution in [0.1, 0.15) is 133 Å². The average Bonchev–Trinajstić information content (AvgIpc) is 0.900. The number of para-hydroxylation sites is 2. The minimum absolute atomic E-state index is 0.00394. The lowest BCUT2D eigenvalue weighted by Crippen LogP contribution is -2.42. The van der Waals surface area contributed by atoms with Gasteiger partial charge >= 0.3 is 5.97 Å². The van der Waals surface area contributed by atoms with E-state index in [0.717, 1.165) is 27.4 Å². The number of Topliss-reactive ketones (excluding diaryl/α,β-unsaturated/α-hetero) is 4. The first-order valence-corrected chi connectivity index (χ1v) is 33.5. The molecule has 8 rings (SSSR count). The van der Waals surface area contributed by atoms with Gasteiger partial charge in [-0.1, -0.05) is 60.7 Å². The van der Waals surface area contributed by atoms with Gasteiger partial charge in [0.15, 0.2) is 23.1 Å². The summed E-state index contributed by atoms with van der Waals surface area (Å²) in [6.07, 6.45) is 6.77. The Labute approximate surface area is 580 Å². The Morgan fingerprint density at radius 2 is 0.700 bits per heavy atom. The van der Waals surface area contributed by atoms with Crippen molar-refractivity contribution >= 4 is 74.5 Å². The normalized spacial score (nSPS) is 12.7. The van der Waals surface area contributed by atoms with Crippen molar-refractivity contribution in [3.8, 4) is 23.0 Å². The molecule has 0 fully saturated rings. The van der Waals surface area contributed by atoms with Gasteiger partial charge in [-0.05, 0) is 178 Å². The lowest BCUT2D eigenvalue weighted by Gasteiger charge is -2.21. The highest BCUT2D eigenvalue weighted by atomic mass is 16.5. The predicted molar refractivity (Wildman–Crippen MR) is 380 cm³/mol. The van der Waals surface area contributed by atoms with Gasteiger partial charge in [0.2, 0.25) is 0 Å². The molecule has 0 aliphatic heterocycles. The summed E-state index contributed by atoms with van der Waals surface area (Å²) in [5, 5.41) is 23.3. The molecule has 24 nitrogen and oxygen atoms in total. The number of nitrogens with two attached hydrogens (primary N) is 4. The highest BCUT2D eigenvalue weighted by Gasteiger charge is 2.31. The largest absolute Gasteiger partial charge is 0.496 e. The zero-order valence-electron chi connectivity index (χ0n) is 56.9. The molecule has 2 aromatic heterocycles. The Bertz CT molecular complexity index is 4220. The summed E-state index contributed by atoms with van der Waals surface area (Å²) in [6, 6.07) is 28.6. The predicted octanol–water partition coefficient (Wildman–Crippen LogP) is 6.91. The molecule has 6 aromatic carbocycles. The second kappa shape index (κ2) is 36.9. The third kappa shape index (κ3) is 20.1. The van der Waals surface area contributed by atoms with Crippen molar-refractivity contribution in [3.05, 3.63) is 189 Å². The molecule has 8 aromatic rings. The number of nitrogens with one attached hydrogen (secondary N) is 6. The summed E-state index contributed by atoms with van der Waals surface area (Å²) in [6.45, 7) is 1.00. The summed E-state index contributed by atoms with van der Waals surface area (Å²) in [7, 11) is 5.53. The van der Waals surface area contributed by atoms with Crippen LogP contribution >= 0.6 is 0 Å². The lowest BCUT2D eigenvalue weighted by atomic mass is 9.95. The van der Waals surface area contributed by atoms with Gasteiger partial charge in [0.1, 0.15) is 29.0 Å². The molecule has 0 saturated carbocycles. The molecule has 100 heavy (non-hydrogen) atoms. The number of aliphatic carboxylic acids is 1. The van der Waals surface area contributed by atoms with Crippen LogP contribution in [0.5, 0.6) is 23.0 Å². The van der Waals surface area contributed by atoms with Crippen LogP contribution < -0.4 is 63.1 Å². The summed E-state index contributed by atoms with van der Waals surface area (Å²) in [4.78, 5) is 133. The van der Waals surface area contributed by atoms with E-state index in [2.05, 4.69) is 31.2 Å². The zero-order valence-corrected chi connectivity index (χ0v) is 56.9. The smallest absolute Gasteiger partial charge is 0.326 e. The number of ether oxygens (including phenoxy) is 4. The second-order valence-electron chi connectivity index (χ2n) is 24.7. The van der Waals surface area contributed by atoms with E-state index < -0.39 is 71.4 Å². The third-order valence-electron chi connectivity index (χ3n) is 17.7. The first kappa shape index (κ1) is 75.2. The number of benzene rings is 6. The summed E-state index contributed by atoms with van der Waals surface area (Å²) in [5.74, 6) is -4.70. The molecule has 4 amide bonds. The molecule has 0 unspecified atom stereocenters. The molecule has 0 saturated heterocycles. The fraction of sp³-hybridized carbons (Fsp3) is 0.355. The molecule has 528 valence electrons. The third-order valence-corrected chi connectivity index (χ3v) is 17.7. The standard InChI is InChI=1S/C76H90N10O14/c1-97-68-26-22-45(37-64(87)57(80)41-49-43-81-58-17-7-5-15-51(49)58)33-53(68)72(91)83-60(19-9-12-30-77)65(88)38-46-23-27-69(98-2)54(34-46)73(92)84-61(20-10-13-31-78)66(89)39-47-24-28-70(99-3)55(35-47)74(93)85-62(21-11-14-32-79)67(90)40-48-25-29-71(100-4)56(36-48)75(94)86-63(76(95)96)42-50-44-82-59-18-8-6-16-52(50)59/h5-8,15-18,22-29,33-36,43-44,57,60-63,81-82H,9-14,19-21,30-32,37-42,77-80H2,1-4H3,(H,83,91)(H,84,92)(H,85,93)(H,86,94)(H,95,96)/t57-,60-,61-,62-,63-/m0/s1. The number of aromatic nitrogens is 2. The van der Waals surface area contributed by atoms with Crippen LogP contribution in [0.15, 0.2) is 134 Å². The molecule has 0 spiro atoms. The maximum absolute atomic E-state index is 14.5. The molecule has 2 heterocycles. The lowest BCUT2D eigenvalue weighted by molar-refractivity contribution is -0.139. The van der Waals surface area contributed by atoms with Crippen molar-refractivity contribution in [2.24, 2.45) is 22.9 Å². The zero-order chi connectivity index (χ0) is 71.8. The number of rotatable bonds is 41. The van der Waals surface area contributed by atoms with Gasteiger partial charge in [0.25, 0.3) is 23.6 Å². The fourth-order valence-corrected chi connectivity index (χ4v) is 12.2. The van der Waals surface area contributed by atoms with Crippen LogP contribution in [-0.2, 0) is 62.5 Å². The highest BCUT2D eigenvalue weighted by molar-refractivity contribution is 6.04. The minimum atomic E-state index is -1.32. The van der Waals surface area contributed by atoms with Crippen LogP contribution in [0.3, 0.4) is 0 Å². The molecular weight excluding hydrogens is 1280 g/mol. The SMILES string of the molecule is COc1ccc(CC(=O)[C@H](CCCCN)NC(=O)c2cc(CC(=O)[C@H](CCCCN)NC(=O)c3cc(CC(=O)[C@H](CCCCN)NC(=O)c4cc(CC(=O)[C@@H](N)Cc5c[nH]c6ccccc56)ccc4OC)ccc3OC)ccc2OC)cc1C(=O)N[C@@H](Cc1c[nH]c2ccccc12)C(=O)O. The number of carboxylic acid groups (broad SMARTS) is 1. The maximum Gasteiger partial charge on any atom is 0.326 e. The van der Waals surface area contributed by atoms with Crippen LogP contribution in [0.2, 0.25) is 0 Å². The number of hydrogen-bond donors (Lipinski definition) is 11. The first-order valence-electron chi connectivity index (χ1n) is 33.5. The van der Waals surface area contributed by atoms with E-state index in [1.807, 2.05) is 54.7 Å². The van der Waals surface area contributed by atoms with Gasteiger partial charge in [0, 0.05) is 66.3 Å². The van der Waals surface area contributed by atoms with Crippen LogP contribution in [0.4, 0.5) is 0 Å². The number of amides is 4. The quantitative estimate of drug-likeness (QED) is 0.0173. The Morgan fingerprint density at radius 1 is 0.400 bits per heavy atom. The van der Waals surface area contributed by atoms with E-state index in [-0.39, 0.29) is 108 Å². The summed E-state index contributed by atoms with van der Waals surface area (Å²) in [5.41, 5.74) is 29.2. The monoisotopic (exact) mass is 1370 g/mol. The number of methoxy groups -OCH3 is 4. The van der Waals surface area contributed by atoms with E-state index in [9.17, 15) is 48.3 Å². The van der Waals surface area contributed by atoms with E-state index >= 15 is 0 Å². The second-order valence-corrected chi connectivity index (χ2v) is 24.7. The Balaban J connectivity index is 0.937. The maximum atomic E-state index is 14.5. The molecular formula is C76H90N10O14. The van der Waals surface area contributed by atoms with Crippen LogP contribution in [0, 0.1) is 0 Å². The molecule has 15 N–H and O–H groups in total. The van der Waals surface area contributed by atoms with E-state index in [1.165, 1.54) is 58.8 Å². The average molecular weight is 1370 g/mol. The van der Waals surface area contributed by atoms with Crippen molar-refractivity contribution in [3.63, 3.8) is 0 Å². The fourth-order valence-electron chi connectivity index (χ4n) is 12.2. The Hall–Kier alpha value is -10.5. The number of fused-ring (bicyclic) bond motifs is 2. The number of hydrogen-bond acceptors (Lipinski definition) is 17. The number of aromatic amines is 2. The molecule has 0 radical (unpaired) electrons. The molecule has 0 aliphatic carbocycles. The van der Waals surface area contributed by atoms with Crippen molar-refractivity contribution in [1.29, 1.82) is 0 Å². The van der Waals surface area contributed by atoms with Gasteiger partial charge in [-0.3, -0.25) is 38.4 Å². The van der Waals surface area contributed by atoms with Crippen LogP contribution in [0.25, 0.3) is 21.8 Å². The van der Waals surface area contributed by atoms with Crippen molar-refractivity contribution in [1.82, 2.24) is 31.2 Å². The van der Waals surface area contributed by atoms with Crippen molar-refractivity contribution < 1.29 is 67.2 Å².